The lowest BCUT2D eigenvalue weighted by molar-refractivity contribution is 0.673. The van der Waals surface area contributed by atoms with Gasteiger partial charge in [-0.15, -0.1) is 0 Å². The number of nitrogens with zero attached hydrogens (tertiary/aromatic N) is 3. The molecular weight excluding hydrogens is 526 g/mol. The van der Waals surface area contributed by atoms with E-state index in [4.69, 9.17) is 19.4 Å². The molecule has 0 radical (unpaired) electrons. The van der Waals surface area contributed by atoms with Crippen molar-refractivity contribution in [1.29, 1.82) is 0 Å². The molecule has 0 amide bonds. The monoisotopic (exact) mass is 549 g/mol. The van der Waals surface area contributed by atoms with E-state index in [0.717, 1.165) is 60.2 Å². The summed E-state index contributed by atoms with van der Waals surface area (Å²) in [6.07, 6.45) is 0. The van der Waals surface area contributed by atoms with E-state index in [1.54, 1.807) is 0 Å². The number of para-hydroxylation sites is 1. The number of aromatic nitrogens is 3. The fourth-order valence-corrected chi connectivity index (χ4v) is 6.39. The van der Waals surface area contributed by atoms with Crippen molar-refractivity contribution in [2.24, 2.45) is 0 Å². The number of rotatable bonds is 3. The highest BCUT2D eigenvalue weighted by molar-refractivity contribution is 6.32. The molecule has 7 aromatic carbocycles. The molecule has 0 spiro atoms. The molecule has 0 saturated carbocycles. The summed E-state index contributed by atoms with van der Waals surface area (Å²) in [5.74, 6) is 1.88. The van der Waals surface area contributed by atoms with Crippen LogP contribution >= 0.6 is 0 Å². The van der Waals surface area contributed by atoms with Crippen LogP contribution in [0.2, 0.25) is 0 Å². The summed E-state index contributed by atoms with van der Waals surface area (Å²) in [6.45, 7) is 0. The smallest absolute Gasteiger partial charge is 0.164 e. The summed E-state index contributed by atoms with van der Waals surface area (Å²) < 4.78 is 6.65. The van der Waals surface area contributed by atoms with Gasteiger partial charge >= 0.3 is 0 Å². The Morgan fingerprint density at radius 1 is 0.372 bits per heavy atom. The molecule has 200 valence electrons. The van der Waals surface area contributed by atoms with Crippen LogP contribution in [0.25, 0.3) is 88.4 Å². The van der Waals surface area contributed by atoms with Crippen LogP contribution in [-0.2, 0) is 0 Å². The normalized spacial score (nSPS) is 11.7. The number of benzene rings is 7. The van der Waals surface area contributed by atoms with Crippen LogP contribution in [0, 0.1) is 0 Å². The van der Waals surface area contributed by atoms with Gasteiger partial charge in [-0.3, -0.25) is 0 Å². The minimum atomic E-state index is 0.611. The van der Waals surface area contributed by atoms with Crippen LogP contribution in [0.15, 0.2) is 144 Å². The molecule has 0 atom stereocenters. The van der Waals surface area contributed by atoms with Crippen LogP contribution in [0.5, 0.6) is 0 Å². The highest BCUT2D eigenvalue weighted by Gasteiger charge is 2.21. The fraction of sp³-hybridized carbons (Fsp3) is 0. The lowest BCUT2D eigenvalue weighted by Gasteiger charge is -2.13. The van der Waals surface area contributed by atoms with E-state index in [0.29, 0.717) is 17.5 Å². The summed E-state index contributed by atoms with van der Waals surface area (Å²) in [5.41, 5.74) is 4.53. The topological polar surface area (TPSA) is 51.8 Å². The Morgan fingerprint density at radius 3 is 1.79 bits per heavy atom. The second-order valence-electron chi connectivity index (χ2n) is 10.8. The van der Waals surface area contributed by atoms with E-state index in [1.165, 1.54) is 10.8 Å². The predicted octanol–water partition coefficient (Wildman–Crippen LogP) is 10.2. The molecule has 0 N–H and O–H groups in total. The second-order valence-corrected chi connectivity index (χ2v) is 10.8. The maximum atomic E-state index is 6.65. The Hall–Kier alpha value is -5.87. The van der Waals surface area contributed by atoms with Crippen molar-refractivity contribution in [3.63, 3.8) is 0 Å². The van der Waals surface area contributed by atoms with Crippen molar-refractivity contribution >= 4 is 54.3 Å². The van der Waals surface area contributed by atoms with Crippen LogP contribution < -0.4 is 0 Å². The van der Waals surface area contributed by atoms with Gasteiger partial charge in [0.2, 0.25) is 0 Å². The summed E-state index contributed by atoms with van der Waals surface area (Å²) in [5, 5.41) is 8.90. The Morgan fingerprint density at radius 2 is 0.930 bits per heavy atom. The maximum absolute atomic E-state index is 6.65. The van der Waals surface area contributed by atoms with Crippen molar-refractivity contribution in [2.45, 2.75) is 0 Å². The Kier molecular flexibility index (Phi) is 5.16. The highest BCUT2D eigenvalue weighted by atomic mass is 16.3. The van der Waals surface area contributed by atoms with Crippen LogP contribution in [0.1, 0.15) is 0 Å². The van der Waals surface area contributed by atoms with Gasteiger partial charge in [0.15, 0.2) is 17.5 Å². The molecule has 2 aromatic heterocycles. The van der Waals surface area contributed by atoms with Crippen molar-refractivity contribution in [1.82, 2.24) is 15.0 Å². The standard InChI is InChI=1S/C39H23N3O/c1-2-13-25(14-3-1)37-40-38(30-21-10-15-24-12-4-5-16-26(24)30)42-39(41-37)32-22-11-20-29-27-17-6-7-18-28(27)34-31-19-8-9-23-33(31)43-36(34)35(29)32/h1-23H. The lowest BCUT2D eigenvalue weighted by atomic mass is 9.94. The van der Waals surface area contributed by atoms with E-state index in [-0.39, 0.29) is 0 Å². The second kappa shape index (κ2) is 9.33. The van der Waals surface area contributed by atoms with Gasteiger partial charge in [0, 0.05) is 32.8 Å². The largest absolute Gasteiger partial charge is 0.455 e. The first-order valence-corrected chi connectivity index (χ1v) is 14.4. The summed E-state index contributed by atoms with van der Waals surface area (Å²) in [7, 11) is 0. The minimum absolute atomic E-state index is 0.611. The zero-order chi connectivity index (χ0) is 28.3. The van der Waals surface area contributed by atoms with Crippen LogP contribution in [0.4, 0.5) is 0 Å². The van der Waals surface area contributed by atoms with E-state index < -0.39 is 0 Å². The molecule has 0 aliphatic carbocycles. The first kappa shape index (κ1) is 23.8. The van der Waals surface area contributed by atoms with Crippen molar-refractivity contribution in [2.75, 3.05) is 0 Å². The Balaban J connectivity index is 1.42. The molecular formula is C39H23N3O. The molecule has 0 fully saturated rings. The van der Waals surface area contributed by atoms with Gasteiger partial charge in [0.25, 0.3) is 0 Å². The lowest BCUT2D eigenvalue weighted by Crippen LogP contribution is -2.01. The molecule has 0 bridgehead atoms. The zero-order valence-electron chi connectivity index (χ0n) is 23.0. The molecule has 4 heteroatoms. The molecule has 9 aromatic rings. The SMILES string of the molecule is c1ccc(-c2nc(-c3cccc4ccccc34)nc(-c3cccc4c5ccccc5c5c6ccccc6oc5c34)n2)cc1. The van der Waals surface area contributed by atoms with E-state index >= 15 is 0 Å². The van der Waals surface area contributed by atoms with Gasteiger partial charge in [-0.25, -0.2) is 15.0 Å². The third-order valence-electron chi connectivity index (χ3n) is 8.31. The zero-order valence-corrected chi connectivity index (χ0v) is 23.0. The Labute approximate surface area is 246 Å². The van der Waals surface area contributed by atoms with Gasteiger partial charge < -0.3 is 4.42 Å². The molecule has 0 aliphatic heterocycles. The third kappa shape index (κ3) is 3.67. The van der Waals surface area contributed by atoms with Gasteiger partial charge in [-0.1, -0.05) is 133 Å². The van der Waals surface area contributed by atoms with Gasteiger partial charge in [0.05, 0.1) is 0 Å². The first-order valence-electron chi connectivity index (χ1n) is 14.4. The summed E-state index contributed by atoms with van der Waals surface area (Å²) >= 11 is 0. The average Bonchev–Trinajstić information content (AvgIpc) is 3.48. The van der Waals surface area contributed by atoms with E-state index in [1.807, 2.05) is 42.5 Å². The van der Waals surface area contributed by atoms with Crippen LogP contribution in [-0.4, -0.2) is 15.0 Å². The predicted molar refractivity (Wildman–Crippen MR) is 176 cm³/mol. The molecule has 2 heterocycles. The minimum Gasteiger partial charge on any atom is -0.455 e. The van der Waals surface area contributed by atoms with Crippen molar-refractivity contribution in [3.8, 4) is 34.2 Å². The molecule has 9 rings (SSSR count). The number of fused-ring (bicyclic) bond motifs is 9. The summed E-state index contributed by atoms with van der Waals surface area (Å²) in [4.78, 5) is 15.3. The highest BCUT2D eigenvalue weighted by Crippen LogP contribution is 2.44. The molecule has 0 unspecified atom stereocenters. The Bertz CT molecular complexity index is 2510. The van der Waals surface area contributed by atoms with Gasteiger partial charge in [0.1, 0.15) is 11.2 Å². The quantitative estimate of drug-likeness (QED) is 0.206. The molecule has 0 aliphatic rings. The van der Waals surface area contributed by atoms with Gasteiger partial charge in [-0.05, 0) is 33.0 Å². The van der Waals surface area contributed by atoms with Crippen molar-refractivity contribution < 1.29 is 4.42 Å². The number of hydrogen-bond acceptors (Lipinski definition) is 4. The first-order chi connectivity index (χ1) is 21.3. The molecule has 4 nitrogen and oxygen atoms in total. The average molecular weight is 550 g/mol. The maximum Gasteiger partial charge on any atom is 0.164 e. The number of hydrogen-bond donors (Lipinski definition) is 0. The third-order valence-corrected chi connectivity index (χ3v) is 8.31. The molecule has 43 heavy (non-hydrogen) atoms. The van der Waals surface area contributed by atoms with E-state index in [2.05, 4.69) is 97.1 Å². The fourth-order valence-electron chi connectivity index (χ4n) is 6.39. The van der Waals surface area contributed by atoms with Gasteiger partial charge in [-0.2, -0.15) is 0 Å². The summed E-state index contributed by atoms with van der Waals surface area (Å²) in [6, 6.07) is 47.9. The molecule has 0 saturated heterocycles. The van der Waals surface area contributed by atoms with E-state index in [9.17, 15) is 0 Å². The van der Waals surface area contributed by atoms with Crippen LogP contribution in [0.3, 0.4) is 0 Å². The van der Waals surface area contributed by atoms with Crippen molar-refractivity contribution in [3.05, 3.63) is 140 Å². The number of furan rings is 1.